The number of nitrogens with zero attached hydrogens (tertiary/aromatic N) is 2. The summed E-state index contributed by atoms with van der Waals surface area (Å²) in [5, 5.41) is 13.8. The Balaban J connectivity index is 2.66. The first-order chi connectivity index (χ1) is 8.57. The van der Waals surface area contributed by atoms with E-state index in [0.717, 1.165) is 5.75 Å². The normalized spacial score (nSPS) is 9.83. The number of halogens is 1. The maximum atomic E-state index is 10.7. The van der Waals surface area contributed by atoms with Crippen molar-refractivity contribution in [1.82, 2.24) is 4.98 Å². The van der Waals surface area contributed by atoms with Crippen molar-refractivity contribution < 1.29 is 4.92 Å². The Kier molecular flexibility index (Phi) is 5.95. The molecular weight excluding hydrogens is 318 g/mol. The molecule has 0 aliphatic carbocycles. The third kappa shape index (κ3) is 3.89. The van der Waals surface area contributed by atoms with Crippen molar-refractivity contribution in [2.75, 3.05) is 23.4 Å². The van der Waals surface area contributed by atoms with Crippen molar-refractivity contribution >= 4 is 39.2 Å². The van der Waals surface area contributed by atoms with E-state index in [4.69, 9.17) is 6.42 Å². The zero-order chi connectivity index (χ0) is 13.5. The molecule has 18 heavy (non-hydrogen) atoms. The molecule has 0 amide bonds. The van der Waals surface area contributed by atoms with Gasteiger partial charge in [0.25, 0.3) is 5.69 Å². The van der Waals surface area contributed by atoms with Gasteiger partial charge in [0, 0.05) is 17.9 Å². The molecule has 0 saturated heterocycles. The summed E-state index contributed by atoms with van der Waals surface area (Å²) >= 11 is 4.95. The van der Waals surface area contributed by atoms with Gasteiger partial charge >= 0.3 is 0 Å². The van der Waals surface area contributed by atoms with E-state index in [-0.39, 0.29) is 5.69 Å². The molecule has 0 bridgehead atoms. The molecule has 0 aliphatic rings. The van der Waals surface area contributed by atoms with E-state index < -0.39 is 4.92 Å². The molecular formula is C11H12BrN3O2S. The van der Waals surface area contributed by atoms with E-state index in [1.54, 1.807) is 18.7 Å². The first kappa shape index (κ1) is 14.8. The molecule has 0 spiro atoms. The minimum Gasteiger partial charge on any atom is -0.368 e. The fourth-order valence-electron chi connectivity index (χ4n) is 1.25. The largest absolute Gasteiger partial charge is 0.368 e. The van der Waals surface area contributed by atoms with Gasteiger partial charge in [-0.25, -0.2) is 4.98 Å². The van der Waals surface area contributed by atoms with Crippen LogP contribution < -0.4 is 5.32 Å². The summed E-state index contributed by atoms with van der Waals surface area (Å²) in [5.41, 5.74) is 0.572. The van der Waals surface area contributed by atoms with Gasteiger partial charge in [0.1, 0.15) is 12.0 Å². The van der Waals surface area contributed by atoms with Crippen LogP contribution in [0.3, 0.4) is 0 Å². The monoisotopic (exact) mass is 329 g/mol. The molecule has 1 aromatic rings. The predicted molar refractivity (Wildman–Crippen MR) is 78.0 cm³/mol. The Hall–Kier alpha value is -1.26. The standard InChI is InChI=1S/C11H12BrN3O2S/c1-3-5-18-6-4-13-11-10(12)8(2)9(7-14-11)15(16)17/h1,7H,4-6H2,2H3,(H,13,14). The third-order valence-electron chi connectivity index (χ3n) is 2.16. The van der Waals surface area contributed by atoms with E-state index in [9.17, 15) is 10.1 Å². The summed E-state index contributed by atoms with van der Waals surface area (Å²) in [6.45, 7) is 2.39. The fraction of sp³-hybridized carbons (Fsp3) is 0.364. The number of pyridine rings is 1. The smallest absolute Gasteiger partial charge is 0.291 e. The van der Waals surface area contributed by atoms with Gasteiger partial charge in [-0.3, -0.25) is 10.1 Å². The van der Waals surface area contributed by atoms with Gasteiger partial charge in [-0.2, -0.15) is 0 Å². The number of terminal acetylenes is 1. The Labute approximate surface area is 118 Å². The van der Waals surface area contributed by atoms with Crippen molar-refractivity contribution in [3.63, 3.8) is 0 Å². The van der Waals surface area contributed by atoms with Crippen LogP contribution in [0.5, 0.6) is 0 Å². The fourth-order valence-corrected chi connectivity index (χ4v) is 2.20. The molecule has 1 N–H and O–H groups in total. The minimum atomic E-state index is -0.445. The molecule has 1 heterocycles. The van der Waals surface area contributed by atoms with E-state index in [0.29, 0.717) is 28.2 Å². The summed E-state index contributed by atoms with van der Waals surface area (Å²) in [5.74, 6) is 4.68. The molecule has 0 unspecified atom stereocenters. The van der Waals surface area contributed by atoms with Crippen LogP contribution >= 0.6 is 27.7 Å². The van der Waals surface area contributed by atoms with Crippen molar-refractivity contribution in [2.24, 2.45) is 0 Å². The minimum absolute atomic E-state index is 0.00846. The molecule has 1 rings (SSSR count). The van der Waals surface area contributed by atoms with Gasteiger partial charge in [0.05, 0.1) is 15.1 Å². The molecule has 1 aromatic heterocycles. The van der Waals surface area contributed by atoms with Crippen LogP contribution in [0.25, 0.3) is 0 Å². The number of thioether (sulfide) groups is 1. The number of anilines is 1. The van der Waals surface area contributed by atoms with Gasteiger partial charge in [-0.1, -0.05) is 5.92 Å². The Morgan fingerprint density at radius 2 is 2.44 bits per heavy atom. The average Bonchev–Trinajstić information content (AvgIpc) is 2.33. The third-order valence-corrected chi connectivity index (χ3v) is 3.99. The highest BCUT2D eigenvalue weighted by atomic mass is 79.9. The summed E-state index contributed by atoms with van der Waals surface area (Å²) in [6, 6.07) is 0. The molecule has 5 nitrogen and oxygen atoms in total. The van der Waals surface area contributed by atoms with E-state index in [2.05, 4.69) is 32.2 Å². The second-order valence-electron chi connectivity index (χ2n) is 3.37. The highest BCUT2D eigenvalue weighted by Crippen LogP contribution is 2.30. The number of aromatic nitrogens is 1. The topological polar surface area (TPSA) is 68.1 Å². The van der Waals surface area contributed by atoms with Crippen molar-refractivity contribution in [3.05, 3.63) is 26.3 Å². The van der Waals surface area contributed by atoms with Crippen LogP contribution in [0, 0.1) is 29.4 Å². The van der Waals surface area contributed by atoms with E-state index >= 15 is 0 Å². The van der Waals surface area contributed by atoms with Gasteiger partial charge in [-0.15, -0.1) is 18.2 Å². The zero-order valence-electron chi connectivity index (χ0n) is 9.77. The van der Waals surface area contributed by atoms with Gasteiger partial charge in [0.2, 0.25) is 0 Å². The molecule has 0 aromatic carbocycles. The molecule has 0 aliphatic heterocycles. The summed E-state index contributed by atoms with van der Waals surface area (Å²) in [4.78, 5) is 14.3. The van der Waals surface area contributed by atoms with Crippen LogP contribution in [0.2, 0.25) is 0 Å². The lowest BCUT2D eigenvalue weighted by molar-refractivity contribution is -0.385. The molecule has 0 saturated carbocycles. The van der Waals surface area contributed by atoms with Gasteiger partial charge < -0.3 is 5.32 Å². The highest BCUT2D eigenvalue weighted by Gasteiger charge is 2.16. The molecule has 96 valence electrons. The maximum absolute atomic E-state index is 10.7. The van der Waals surface area contributed by atoms with E-state index in [1.807, 2.05) is 0 Å². The summed E-state index contributed by atoms with van der Waals surface area (Å²) in [6.07, 6.45) is 6.40. The summed E-state index contributed by atoms with van der Waals surface area (Å²) in [7, 11) is 0. The van der Waals surface area contributed by atoms with Crippen LogP contribution in [-0.4, -0.2) is 28.0 Å². The SMILES string of the molecule is C#CCSCCNc1ncc([N+](=O)[O-])c(C)c1Br. The average molecular weight is 330 g/mol. The van der Waals surface area contributed by atoms with Gasteiger partial charge in [-0.05, 0) is 22.9 Å². The molecule has 0 fully saturated rings. The highest BCUT2D eigenvalue weighted by molar-refractivity contribution is 9.10. The second-order valence-corrected chi connectivity index (χ2v) is 5.27. The Morgan fingerprint density at radius 1 is 1.72 bits per heavy atom. The first-order valence-corrected chi connectivity index (χ1v) is 7.07. The molecule has 0 radical (unpaired) electrons. The summed E-state index contributed by atoms with van der Waals surface area (Å²) < 4.78 is 0.624. The number of hydrogen-bond acceptors (Lipinski definition) is 5. The Morgan fingerprint density at radius 3 is 3.06 bits per heavy atom. The zero-order valence-corrected chi connectivity index (χ0v) is 12.2. The van der Waals surface area contributed by atoms with Crippen molar-refractivity contribution in [1.29, 1.82) is 0 Å². The van der Waals surface area contributed by atoms with Crippen LogP contribution in [0.15, 0.2) is 10.7 Å². The van der Waals surface area contributed by atoms with E-state index in [1.165, 1.54) is 6.20 Å². The number of nitrogens with one attached hydrogen (secondary N) is 1. The number of rotatable bonds is 6. The predicted octanol–water partition coefficient (Wildman–Crippen LogP) is 2.84. The quantitative estimate of drug-likeness (QED) is 0.376. The molecule has 7 heteroatoms. The molecule has 0 atom stereocenters. The van der Waals surface area contributed by atoms with Crippen LogP contribution in [-0.2, 0) is 0 Å². The lowest BCUT2D eigenvalue weighted by Crippen LogP contribution is -2.08. The lowest BCUT2D eigenvalue weighted by Gasteiger charge is -2.08. The van der Waals surface area contributed by atoms with Crippen molar-refractivity contribution in [2.45, 2.75) is 6.92 Å². The lowest BCUT2D eigenvalue weighted by atomic mass is 10.2. The maximum Gasteiger partial charge on any atom is 0.291 e. The van der Waals surface area contributed by atoms with Gasteiger partial charge in [0.15, 0.2) is 0 Å². The first-order valence-electron chi connectivity index (χ1n) is 5.12. The number of hydrogen-bond donors (Lipinski definition) is 1. The van der Waals surface area contributed by atoms with Crippen LogP contribution in [0.4, 0.5) is 11.5 Å². The number of nitro groups is 1. The van der Waals surface area contributed by atoms with Crippen molar-refractivity contribution in [3.8, 4) is 12.3 Å². The van der Waals surface area contributed by atoms with Crippen LogP contribution in [0.1, 0.15) is 5.56 Å². The Bertz CT molecular complexity index is 488. The second kappa shape index (κ2) is 7.24.